The highest BCUT2D eigenvalue weighted by molar-refractivity contribution is 6.66. The molecule has 0 aliphatic rings. The van der Waals surface area contributed by atoms with E-state index in [1.54, 1.807) is 0 Å². The Labute approximate surface area is 208 Å². The summed E-state index contributed by atoms with van der Waals surface area (Å²) in [6.45, 7) is 16.0. The van der Waals surface area contributed by atoms with E-state index in [-0.39, 0.29) is 0 Å². The number of rotatable bonds is 21. The van der Waals surface area contributed by atoms with Crippen molar-refractivity contribution in [1.82, 2.24) is 10.6 Å². The van der Waals surface area contributed by atoms with Gasteiger partial charge in [-0.15, -0.1) is 0 Å². The van der Waals surface area contributed by atoms with E-state index in [1.165, 1.54) is 0 Å². The van der Waals surface area contributed by atoms with Crippen LogP contribution in [0, 0.1) is 0 Å². The van der Waals surface area contributed by atoms with E-state index in [0.717, 1.165) is 24.9 Å². The molecule has 0 bridgehead atoms. The number of unbranched alkanes of at least 4 members (excludes halogenated alkanes) is 1. The first kappa shape index (κ1) is 32.8. The first-order chi connectivity index (χ1) is 16.2. The van der Waals surface area contributed by atoms with E-state index < -0.39 is 29.3 Å². The summed E-state index contributed by atoms with van der Waals surface area (Å²) in [5, 5.41) is 5.44. The van der Waals surface area contributed by atoms with Gasteiger partial charge in [-0.05, 0) is 78.6 Å². The lowest BCUT2D eigenvalue weighted by Gasteiger charge is -2.25. The predicted molar refractivity (Wildman–Crippen MR) is 137 cm³/mol. The third-order valence-corrected chi connectivity index (χ3v) is 11.1. The number of ether oxygens (including phenoxy) is 2. The molecule has 34 heavy (non-hydrogen) atoms. The van der Waals surface area contributed by atoms with Crippen LogP contribution >= 0.6 is 0 Å². The average molecular weight is 525 g/mol. The van der Waals surface area contributed by atoms with Gasteiger partial charge < -0.3 is 37.8 Å². The molecule has 0 aromatic heterocycles. The van der Waals surface area contributed by atoms with Gasteiger partial charge in [0.1, 0.15) is 0 Å². The lowest BCUT2D eigenvalue weighted by molar-refractivity contribution is 0.140. The van der Waals surface area contributed by atoms with Gasteiger partial charge in [0.15, 0.2) is 0 Å². The lowest BCUT2D eigenvalue weighted by Crippen LogP contribution is -2.39. The first-order valence-corrected chi connectivity index (χ1v) is 17.7. The second-order valence-corrected chi connectivity index (χ2v) is 14.7. The van der Waals surface area contributed by atoms with Crippen LogP contribution in [0.1, 0.15) is 53.4 Å². The van der Waals surface area contributed by atoms with Gasteiger partial charge in [0, 0.05) is 39.5 Å². The molecular formula is C22H48N2O8Si2. The Morgan fingerprint density at radius 3 is 1.21 bits per heavy atom. The quantitative estimate of drug-likeness (QED) is 0.169. The predicted octanol–water partition coefficient (Wildman–Crippen LogP) is 4.29. The van der Waals surface area contributed by atoms with Crippen molar-refractivity contribution in [2.45, 2.75) is 78.6 Å². The second kappa shape index (κ2) is 20.1. The Morgan fingerprint density at radius 2 is 0.912 bits per heavy atom. The molecule has 0 aliphatic carbocycles. The maximum absolute atomic E-state index is 11.8. The highest BCUT2D eigenvalue weighted by atomic mass is 28.4. The minimum absolute atomic E-state index is 0.332. The molecule has 0 saturated heterocycles. The number of nitrogens with one attached hydrogen (secondary N) is 2. The molecule has 0 heterocycles. The summed E-state index contributed by atoms with van der Waals surface area (Å²) in [6, 6.07) is 1.56. The fourth-order valence-electron chi connectivity index (χ4n) is 3.44. The summed E-state index contributed by atoms with van der Waals surface area (Å²) in [5.41, 5.74) is 0. The van der Waals surface area contributed by atoms with Crippen molar-refractivity contribution < 1.29 is 36.8 Å². The molecule has 0 unspecified atom stereocenters. The molecule has 0 aromatic carbocycles. The van der Waals surface area contributed by atoms with Crippen LogP contribution in [0.5, 0.6) is 0 Å². The van der Waals surface area contributed by atoms with Crippen LogP contribution in [0.4, 0.5) is 9.59 Å². The van der Waals surface area contributed by atoms with Gasteiger partial charge in [-0.3, -0.25) is 0 Å². The van der Waals surface area contributed by atoms with Crippen LogP contribution in [0.2, 0.25) is 25.2 Å². The van der Waals surface area contributed by atoms with Gasteiger partial charge in [0.2, 0.25) is 0 Å². The minimum atomic E-state index is -2.16. The van der Waals surface area contributed by atoms with Crippen molar-refractivity contribution in [3.05, 3.63) is 0 Å². The SMILES string of the molecule is CCO[Si](C)(CCCOC(=O)NCCCCNC(=O)OCCC[Si](C)(OCC)OCC)OCC. The van der Waals surface area contributed by atoms with Crippen molar-refractivity contribution in [2.24, 2.45) is 0 Å². The van der Waals surface area contributed by atoms with E-state index in [4.69, 9.17) is 27.2 Å². The fraction of sp³-hybridized carbons (Fsp3) is 0.909. The molecule has 0 radical (unpaired) electrons. The van der Waals surface area contributed by atoms with Crippen LogP contribution in [0.3, 0.4) is 0 Å². The Hall–Kier alpha value is -1.19. The summed E-state index contributed by atoms with van der Waals surface area (Å²) < 4.78 is 33.5. The Bertz CT molecular complexity index is 485. The van der Waals surface area contributed by atoms with Crippen molar-refractivity contribution in [3.8, 4) is 0 Å². The third-order valence-electron chi connectivity index (χ3n) is 4.96. The summed E-state index contributed by atoms with van der Waals surface area (Å²) in [5.74, 6) is 0. The fourth-order valence-corrected chi connectivity index (χ4v) is 8.20. The molecule has 0 atom stereocenters. The van der Waals surface area contributed by atoms with Gasteiger partial charge in [-0.2, -0.15) is 0 Å². The summed E-state index contributed by atoms with van der Waals surface area (Å²) in [4.78, 5) is 23.5. The van der Waals surface area contributed by atoms with Crippen LogP contribution in [-0.4, -0.2) is 82.0 Å². The molecule has 0 saturated carbocycles. The van der Waals surface area contributed by atoms with Crippen LogP contribution in [-0.2, 0) is 27.2 Å². The molecule has 202 valence electrons. The maximum Gasteiger partial charge on any atom is 0.407 e. The zero-order chi connectivity index (χ0) is 25.7. The van der Waals surface area contributed by atoms with Crippen LogP contribution in [0.15, 0.2) is 0 Å². The molecule has 0 rings (SSSR count). The zero-order valence-corrected chi connectivity index (χ0v) is 24.2. The highest BCUT2D eigenvalue weighted by Crippen LogP contribution is 2.16. The summed E-state index contributed by atoms with van der Waals surface area (Å²) in [7, 11) is -4.33. The van der Waals surface area contributed by atoms with E-state index in [0.29, 0.717) is 65.6 Å². The smallest absolute Gasteiger partial charge is 0.407 e. The van der Waals surface area contributed by atoms with Crippen LogP contribution in [0.25, 0.3) is 0 Å². The Morgan fingerprint density at radius 1 is 0.588 bits per heavy atom. The first-order valence-electron chi connectivity index (χ1n) is 12.6. The number of carbonyl (C=O) groups is 2. The average Bonchev–Trinajstić information content (AvgIpc) is 2.77. The molecule has 0 aliphatic heterocycles. The molecule has 0 aromatic rings. The standard InChI is InChI=1S/C22H48N2O8Si2/c1-7-29-33(5,30-8-2)19-13-17-27-21(25)23-15-11-12-16-24-22(26)28-18-14-20-34(6,31-9-3)32-10-4/h7-20H2,1-6H3,(H,23,25)(H,24,26). The number of alkyl carbamates (subject to hydrolysis) is 2. The molecule has 10 nitrogen and oxygen atoms in total. The van der Waals surface area contributed by atoms with Gasteiger partial charge in [0.25, 0.3) is 0 Å². The second-order valence-electron chi connectivity index (χ2n) is 8.04. The van der Waals surface area contributed by atoms with Gasteiger partial charge in [-0.25, -0.2) is 9.59 Å². The molecule has 2 N–H and O–H groups in total. The number of hydrogen-bond acceptors (Lipinski definition) is 8. The van der Waals surface area contributed by atoms with Crippen molar-refractivity contribution in [2.75, 3.05) is 52.7 Å². The molecular weight excluding hydrogens is 476 g/mol. The molecule has 0 spiro atoms. The van der Waals surface area contributed by atoms with Gasteiger partial charge in [-0.1, -0.05) is 0 Å². The van der Waals surface area contributed by atoms with Crippen LogP contribution < -0.4 is 10.6 Å². The monoisotopic (exact) mass is 524 g/mol. The summed E-state index contributed by atoms with van der Waals surface area (Å²) in [6.07, 6.45) is 2.00. The Balaban J connectivity index is 3.73. The topological polar surface area (TPSA) is 114 Å². The van der Waals surface area contributed by atoms with Crippen molar-refractivity contribution in [1.29, 1.82) is 0 Å². The number of hydrogen-bond donors (Lipinski definition) is 2. The van der Waals surface area contributed by atoms with Crippen molar-refractivity contribution in [3.63, 3.8) is 0 Å². The largest absolute Gasteiger partial charge is 0.450 e. The van der Waals surface area contributed by atoms with Gasteiger partial charge >= 0.3 is 29.3 Å². The number of carbonyl (C=O) groups excluding carboxylic acids is 2. The van der Waals surface area contributed by atoms with E-state index in [9.17, 15) is 9.59 Å². The zero-order valence-electron chi connectivity index (χ0n) is 22.2. The lowest BCUT2D eigenvalue weighted by atomic mass is 10.3. The van der Waals surface area contributed by atoms with E-state index in [1.807, 2.05) is 40.8 Å². The minimum Gasteiger partial charge on any atom is -0.450 e. The van der Waals surface area contributed by atoms with Crippen molar-refractivity contribution >= 4 is 29.3 Å². The molecule has 12 heteroatoms. The molecule has 0 fully saturated rings. The van der Waals surface area contributed by atoms with E-state index >= 15 is 0 Å². The van der Waals surface area contributed by atoms with Gasteiger partial charge in [0.05, 0.1) is 13.2 Å². The Kier molecular flexibility index (Phi) is 19.4. The molecule has 2 amide bonds. The normalized spacial score (nSPS) is 11.8. The van der Waals surface area contributed by atoms with E-state index in [2.05, 4.69) is 10.6 Å². The maximum atomic E-state index is 11.8. The number of amides is 2. The third kappa shape index (κ3) is 17.3. The highest BCUT2D eigenvalue weighted by Gasteiger charge is 2.30. The summed E-state index contributed by atoms with van der Waals surface area (Å²) >= 11 is 0.